The molecule has 1 aliphatic rings. The number of sulfonamides is 1. The van der Waals surface area contributed by atoms with Gasteiger partial charge in [0, 0.05) is 37.8 Å². The smallest absolute Gasteiger partial charge is 0.261 e. The van der Waals surface area contributed by atoms with Gasteiger partial charge in [0.1, 0.15) is 11.5 Å². The Kier molecular flexibility index (Phi) is 13.1. The van der Waals surface area contributed by atoms with E-state index in [2.05, 4.69) is 23.6 Å². The number of aliphatic hydroxyl groups is 1. The highest BCUT2D eigenvalue weighted by Crippen LogP contribution is 2.29. The van der Waals surface area contributed by atoms with Crippen molar-refractivity contribution in [3.05, 3.63) is 83.9 Å². The summed E-state index contributed by atoms with van der Waals surface area (Å²) in [5.74, 6) is 0.738. The SMILES string of the molecule is COc1ccc(CN(C)C[C@@H]2OCCCC[C@H](C)Oc3ccc(NS(=O)(=O)c4ccccc4)cc3C(=O)N([C@@H](C)CO)C[C@H]2C)cc1. The Morgan fingerprint density at radius 1 is 1.06 bits per heavy atom. The van der Waals surface area contributed by atoms with Gasteiger partial charge in [0.15, 0.2) is 0 Å². The highest BCUT2D eigenvalue weighted by atomic mass is 32.2. The van der Waals surface area contributed by atoms with Crippen molar-refractivity contribution in [1.82, 2.24) is 9.80 Å². The number of carbonyl (C=O) groups excluding carboxylic acids is 1. The first-order valence-corrected chi connectivity index (χ1v) is 17.7. The first-order valence-electron chi connectivity index (χ1n) is 16.2. The molecule has 3 aromatic carbocycles. The van der Waals surface area contributed by atoms with Gasteiger partial charge in [0.2, 0.25) is 0 Å². The average Bonchev–Trinajstić information content (AvgIpc) is 3.06. The summed E-state index contributed by atoms with van der Waals surface area (Å²) in [7, 11) is -0.185. The van der Waals surface area contributed by atoms with Crippen molar-refractivity contribution < 1.29 is 32.5 Å². The minimum atomic E-state index is -3.89. The quantitative estimate of drug-likeness (QED) is 0.294. The van der Waals surface area contributed by atoms with Crippen molar-refractivity contribution in [3.8, 4) is 11.5 Å². The number of nitrogens with one attached hydrogen (secondary N) is 1. The van der Waals surface area contributed by atoms with E-state index in [0.29, 0.717) is 25.4 Å². The van der Waals surface area contributed by atoms with E-state index in [-0.39, 0.29) is 46.8 Å². The number of nitrogens with zero attached hydrogens (tertiary/aromatic N) is 2. The third-order valence-corrected chi connectivity index (χ3v) is 9.86. The summed E-state index contributed by atoms with van der Waals surface area (Å²) in [4.78, 5) is 18.3. The lowest BCUT2D eigenvalue weighted by atomic mass is 10.0. The van der Waals surface area contributed by atoms with E-state index in [9.17, 15) is 18.3 Å². The van der Waals surface area contributed by atoms with Gasteiger partial charge in [-0.1, -0.05) is 37.3 Å². The zero-order chi connectivity index (χ0) is 34.0. The van der Waals surface area contributed by atoms with Crippen LogP contribution in [0.25, 0.3) is 0 Å². The number of rotatable bonds is 10. The third-order valence-electron chi connectivity index (χ3n) is 8.46. The zero-order valence-corrected chi connectivity index (χ0v) is 28.9. The van der Waals surface area contributed by atoms with E-state index in [1.165, 1.54) is 18.2 Å². The number of hydrogen-bond donors (Lipinski definition) is 2. The minimum absolute atomic E-state index is 0.0859. The molecular weight excluding hydrogens is 618 g/mol. The number of amides is 1. The molecule has 0 spiro atoms. The van der Waals surface area contributed by atoms with Gasteiger partial charge < -0.3 is 24.2 Å². The van der Waals surface area contributed by atoms with Gasteiger partial charge in [0.25, 0.3) is 15.9 Å². The molecule has 0 fully saturated rings. The maximum atomic E-state index is 14.4. The number of anilines is 1. The highest BCUT2D eigenvalue weighted by Gasteiger charge is 2.30. The van der Waals surface area contributed by atoms with Crippen LogP contribution in [0.15, 0.2) is 77.7 Å². The standard InChI is InChI=1S/C36H49N3O7S/c1-26-22-39(27(2)25-40)36(41)33-21-30(37-47(42,43)32-12-7-6-8-13-32)16-19-34(33)46-28(3)11-9-10-20-45-35(26)24-38(4)23-29-14-17-31(44-5)18-15-29/h6-8,12-19,21,26-28,35,37,40H,9-11,20,22-25H2,1-5H3/t26-,27+,28+,35+/m1/s1. The van der Waals surface area contributed by atoms with E-state index in [1.807, 2.05) is 31.2 Å². The lowest BCUT2D eigenvalue weighted by Gasteiger charge is -2.36. The van der Waals surface area contributed by atoms with Gasteiger partial charge in [-0.15, -0.1) is 0 Å². The van der Waals surface area contributed by atoms with Crippen LogP contribution in [0.3, 0.4) is 0 Å². The number of likely N-dealkylation sites (N-methyl/N-ethyl adjacent to an activating group) is 1. The Balaban J connectivity index is 1.62. The lowest BCUT2D eigenvalue weighted by molar-refractivity contribution is -0.0177. The summed E-state index contributed by atoms with van der Waals surface area (Å²) in [6.45, 7) is 7.84. The van der Waals surface area contributed by atoms with Crippen LogP contribution in [-0.4, -0.2) is 87.9 Å². The fraction of sp³-hybridized carbons (Fsp3) is 0.472. The second-order valence-electron chi connectivity index (χ2n) is 12.5. The van der Waals surface area contributed by atoms with E-state index >= 15 is 0 Å². The zero-order valence-electron chi connectivity index (χ0n) is 28.1. The van der Waals surface area contributed by atoms with Crippen LogP contribution >= 0.6 is 0 Å². The number of carbonyl (C=O) groups is 1. The van der Waals surface area contributed by atoms with Crippen molar-refractivity contribution in [2.75, 3.05) is 45.2 Å². The van der Waals surface area contributed by atoms with Crippen molar-refractivity contribution >= 4 is 21.6 Å². The second kappa shape index (κ2) is 17.0. The molecule has 0 aliphatic carbocycles. The van der Waals surface area contributed by atoms with Gasteiger partial charge in [-0.25, -0.2) is 8.42 Å². The molecule has 4 rings (SSSR count). The van der Waals surface area contributed by atoms with E-state index < -0.39 is 16.1 Å². The lowest BCUT2D eigenvalue weighted by Crippen LogP contribution is -2.47. The largest absolute Gasteiger partial charge is 0.497 e. The number of aliphatic hydroxyl groups excluding tert-OH is 1. The monoisotopic (exact) mass is 667 g/mol. The van der Waals surface area contributed by atoms with Gasteiger partial charge in [-0.05, 0) is 88.2 Å². The van der Waals surface area contributed by atoms with Crippen LogP contribution in [0, 0.1) is 5.92 Å². The number of hydrogen-bond acceptors (Lipinski definition) is 8. The summed E-state index contributed by atoms with van der Waals surface area (Å²) < 4.78 is 46.9. The fourth-order valence-electron chi connectivity index (χ4n) is 5.68. The molecule has 1 aliphatic heterocycles. The molecule has 0 saturated heterocycles. The highest BCUT2D eigenvalue weighted by molar-refractivity contribution is 7.92. The molecule has 11 heteroatoms. The van der Waals surface area contributed by atoms with Crippen molar-refractivity contribution in [2.45, 2.75) is 69.7 Å². The maximum Gasteiger partial charge on any atom is 0.261 e. The maximum absolute atomic E-state index is 14.4. The molecule has 0 saturated carbocycles. The second-order valence-corrected chi connectivity index (χ2v) is 14.2. The normalized spacial score (nSPS) is 20.5. The Hall–Kier alpha value is -3.64. The first kappa shape index (κ1) is 36.2. The molecule has 3 aromatic rings. The first-order chi connectivity index (χ1) is 22.5. The van der Waals surface area contributed by atoms with Crippen molar-refractivity contribution in [3.63, 3.8) is 0 Å². The molecule has 1 heterocycles. The van der Waals surface area contributed by atoms with E-state index in [0.717, 1.165) is 37.1 Å². The molecule has 4 atom stereocenters. The summed E-state index contributed by atoms with van der Waals surface area (Å²) in [5.41, 5.74) is 1.62. The summed E-state index contributed by atoms with van der Waals surface area (Å²) in [6, 6.07) is 20.3. The number of methoxy groups -OCH3 is 1. The molecule has 0 bridgehead atoms. The Labute approximate surface area is 279 Å². The number of fused-ring (bicyclic) bond motifs is 1. The van der Waals surface area contributed by atoms with Gasteiger partial charge >= 0.3 is 0 Å². The predicted octanol–water partition coefficient (Wildman–Crippen LogP) is 5.42. The van der Waals surface area contributed by atoms with E-state index in [4.69, 9.17) is 14.2 Å². The molecule has 10 nitrogen and oxygen atoms in total. The molecule has 47 heavy (non-hydrogen) atoms. The van der Waals surface area contributed by atoms with Crippen LogP contribution in [0.2, 0.25) is 0 Å². The van der Waals surface area contributed by atoms with Crippen molar-refractivity contribution in [2.24, 2.45) is 5.92 Å². The van der Waals surface area contributed by atoms with Crippen LogP contribution in [0.1, 0.15) is 56.0 Å². The van der Waals surface area contributed by atoms with Gasteiger partial charge in [0.05, 0.1) is 42.4 Å². The van der Waals surface area contributed by atoms with Gasteiger partial charge in [-0.3, -0.25) is 14.4 Å². The average molecular weight is 668 g/mol. The fourth-order valence-corrected chi connectivity index (χ4v) is 6.75. The van der Waals surface area contributed by atoms with E-state index in [1.54, 1.807) is 49.3 Å². The molecule has 2 N–H and O–H groups in total. The molecule has 256 valence electrons. The minimum Gasteiger partial charge on any atom is -0.497 e. The molecule has 0 aromatic heterocycles. The van der Waals surface area contributed by atoms with Crippen LogP contribution in [0.5, 0.6) is 11.5 Å². The Morgan fingerprint density at radius 2 is 1.79 bits per heavy atom. The number of ether oxygens (including phenoxy) is 3. The Morgan fingerprint density at radius 3 is 2.47 bits per heavy atom. The van der Waals surface area contributed by atoms with Crippen LogP contribution < -0.4 is 14.2 Å². The molecule has 0 radical (unpaired) electrons. The summed E-state index contributed by atoms with van der Waals surface area (Å²) in [5, 5.41) is 10.2. The third kappa shape index (κ3) is 10.2. The molecule has 1 amide bonds. The van der Waals surface area contributed by atoms with Crippen LogP contribution in [0.4, 0.5) is 5.69 Å². The molecular formula is C36H49N3O7S. The molecule has 0 unspecified atom stereocenters. The Bertz CT molecular complexity index is 1540. The topological polar surface area (TPSA) is 118 Å². The van der Waals surface area contributed by atoms with Crippen molar-refractivity contribution in [1.29, 1.82) is 0 Å². The summed E-state index contributed by atoms with van der Waals surface area (Å²) in [6.07, 6.45) is 2.14. The predicted molar refractivity (Wildman–Crippen MR) is 183 cm³/mol. The summed E-state index contributed by atoms with van der Waals surface area (Å²) >= 11 is 0. The van der Waals surface area contributed by atoms with Gasteiger partial charge in [-0.2, -0.15) is 0 Å². The van der Waals surface area contributed by atoms with Crippen LogP contribution in [-0.2, 0) is 21.3 Å². The number of benzene rings is 3.